The molecule has 7 heteroatoms. The van der Waals surface area contributed by atoms with Crippen molar-refractivity contribution in [2.45, 2.75) is 25.3 Å². The van der Waals surface area contributed by atoms with Crippen molar-refractivity contribution in [1.29, 1.82) is 0 Å². The van der Waals surface area contributed by atoms with Gasteiger partial charge in [-0.3, -0.25) is 9.59 Å². The third kappa shape index (κ3) is 7.11. The minimum atomic E-state index is -0.183. The second-order valence-corrected chi connectivity index (χ2v) is 12.3. The zero-order valence-corrected chi connectivity index (χ0v) is 26.4. The monoisotopic (exact) mass is 601 g/mol. The van der Waals surface area contributed by atoms with E-state index in [1.807, 2.05) is 89.8 Å². The van der Waals surface area contributed by atoms with E-state index in [-0.39, 0.29) is 11.8 Å². The van der Waals surface area contributed by atoms with Gasteiger partial charge in [0.2, 0.25) is 0 Å². The second kappa shape index (κ2) is 14.1. The summed E-state index contributed by atoms with van der Waals surface area (Å²) >= 11 is 0. The maximum absolute atomic E-state index is 13.9. The molecule has 0 aliphatic carbocycles. The second-order valence-electron chi connectivity index (χ2n) is 12.3. The summed E-state index contributed by atoms with van der Waals surface area (Å²) in [5.41, 5.74) is 5.80. The van der Waals surface area contributed by atoms with Crippen LogP contribution in [0.5, 0.6) is 0 Å². The average molecular weight is 602 g/mol. The first-order valence-electron chi connectivity index (χ1n) is 16.1. The molecule has 2 heterocycles. The molecule has 1 saturated heterocycles. The van der Waals surface area contributed by atoms with E-state index in [1.165, 1.54) is 12.8 Å². The highest BCUT2D eigenvalue weighted by Gasteiger charge is 2.27. The fourth-order valence-corrected chi connectivity index (χ4v) is 6.59. The van der Waals surface area contributed by atoms with Crippen LogP contribution in [0.15, 0.2) is 103 Å². The maximum atomic E-state index is 13.9. The number of nitrogens with zero attached hydrogens (tertiary/aromatic N) is 4. The molecule has 2 aliphatic heterocycles. The molecule has 7 nitrogen and oxygen atoms in total. The summed E-state index contributed by atoms with van der Waals surface area (Å²) < 4.78 is 0. The van der Waals surface area contributed by atoms with Gasteiger partial charge < -0.3 is 24.9 Å². The minimum Gasteiger partial charge on any atom is -0.368 e. The van der Waals surface area contributed by atoms with Crippen LogP contribution in [-0.2, 0) is 0 Å². The highest BCUT2D eigenvalue weighted by Crippen LogP contribution is 2.33. The molecule has 4 aromatic carbocycles. The van der Waals surface area contributed by atoms with Gasteiger partial charge in [-0.2, -0.15) is 0 Å². The van der Waals surface area contributed by atoms with Crippen LogP contribution in [0.3, 0.4) is 0 Å². The largest absolute Gasteiger partial charge is 0.368 e. The predicted octanol–water partition coefficient (Wildman–Crippen LogP) is 6.49. The van der Waals surface area contributed by atoms with Crippen molar-refractivity contribution in [3.63, 3.8) is 0 Å². The number of carbonyl (C=O) groups is 2. The van der Waals surface area contributed by atoms with Gasteiger partial charge in [0, 0.05) is 49.0 Å². The number of piperidine rings is 1. The molecule has 232 valence electrons. The molecule has 6 rings (SSSR count). The summed E-state index contributed by atoms with van der Waals surface area (Å²) in [6, 6.07) is 33.7. The van der Waals surface area contributed by atoms with Crippen molar-refractivity contribution >= 4 is 28.9 Å². The molecule has 0 aromatic heterocycles. The summed E-state index contributed by atoms with van der Waals surface area (Å²) in [5, 5.41) is 3.02. The number of amides is 2. The Morgan fingerprint density at radius 2 is 1.40 bits per heavy atom. The summed E-state index contributed by atoms with van der Waals surface area (Å²) in [4.78, 5) is 36.5. The molecule has 0 spiro atoms. The summed E-state index contributed by atoms with van der Waals surface area (Å²) in [6.07, 6.45) is 3.34. The molecule has 0 unspecified atom stereocenters. The van der Waals surface area contributed by atoms with Gasteiger partial charge in [-0.1, -0.05) is 60.7 Å². The first kappa shape index (κ1) is 30.6. The maximum Gasteiger partial charge on any atom is 0.258 e. The van der Waals surface area contributed by atoms with Crippen LogP contribution in [-0.4, -0.2) is 81.0 Å². The number of benzene rings is 4. The number of carbonyl (C=O) groups excluding carboxylic acids is 2. The van der Waals surface area contributed by atoms with Crippen LogP contribution < -0.4 is 15.1 Å². The van der Waals surface area contributed by atoms with Crippen molar-refractivity contribution in [2.75, 3.05) is 68.5 Å². The van der Waals surface area contributed by atoms with E-state index in [0.717, 1.165) is 61.6 Å². The van der Waals surface area contributed by atoms with Crippen LogP contribution in [0, 0.1) is 0 Å². The minimum absolute atomic E-state index is 0.0256. The van der Waals surface area contributed by atoms with Crippen molar-refractivity contribution in [2.24, 2.45) is 0 Å². The third-order valence-corrected chi connectivity index (χ3v) is 9.19. The molecular weight excluding hydrogens is 558 g/mol. The van der Waals surface area contributed by atoms with Crippen molar-refractivity contribution in [3.05, 3.63) is 114 Å². The summed E-state index contributed by atoms with van der Waals surface area (Å²) in [6.45, 7) is 5.84. The fraction of sp³-hybridized carbons (Fsp3) is 0.316. The molecule has 1 fully saturated rings. The lowest BCUT2D eigenvalue weighted by molar-refractivity contribution is 0.0986. The van der Waals surface area contributed by atoms with Gasteiger partial charge >= 0.3 is 0 Å². The standard InChI is InChI=1S/C38H43N5O2/c1-40(2)32-21-25-41(26-22-32)27-28-42-23-10-24-43(36-16-9-8-15-35(36)42)38(45)30-17-19-31(20-18-30)39-37(44)34-14-7-6-13-33(34)29-11-4-3-5-12-29/h3-9,11-20,32H,10,21-28H2,1-2H3,(H,39,44). The van der Waals surface area contributed by atoms with Crippen LogP contribution in [0.2, 0.25) is 0 Å². The van der Waals surface area contributed by atoms with Gasteiger partial charge in [0.1, 0.15) is 0 Å². The van der Waals surface area contributed by atoms with Crippen molar-refractivity contribution < 1.29 is 9.59 Å². The van der Waals surface area contributed by atoms with Crippen LogP contribution in [0.1, 0.15) is 40.0 Å². The van der Waals surface area contributed by atoms with Gasteiger partial charge in [0.15, 0.2) is 0 Å². The topological polar surface area (TPSA) is 59.1 Å². The molecule has 4 aromatic rings. The highest BCUT2D eigenvalue weighted by molar-refractivity contribution is 6.10. The van der Waals surface area contributed by atoms with Gasteiger partial charge in [0.05, 0.1) is 11.4 Å². The highest BCUT2D eigenvalue weighted by atomic mass is 16.2. The lowest BCUT2D eigenvalue weighted by Gasteiger charge is -2.36. The van der Waals surface area contributed by atoms with E-state index in [1.54, 1.807) is 0 Å². The summed E-state index contributed by atoms with van der Waals surface area (Å²) in [5.74, 6) is -0.209. The zero-order chi connectivity index (χ0) is 31.2. The Kier molecular flexibility index (Phi) is 9.58. The number of hydrogen-bond donors (Lipinski definition) is 1. The van der Waals surface area contributed by atoms with E-state index < -0.39 is 0 Å². The Bertz CT molecular complexity index is 1600. The van der Waals surface area contributed by atoms with Crippen molar-refractivity contribution in [1.82, 2.24) is 9.80 Å². The summed E-state index contributed by atoms with van der Waals surface area (Å²) in [7, 11) is 4.36. The molecular formula is C38H43N5O2. The molecule has 0 atom stereocenters. The van der Waals surface area contributed by atoms with Crippen LogP contribution in [0.25, 0.3) is 11.1 Å². The lowest BCUT2D eigenvalue weighted by Crippen LogP contribution is -2.44. The number of anilines is 3. The van der Waals surface area contributed by atoms with Gasteiger partial charge in [-0.05, 0) is 100 Å². The fourth-order valence-electron chi connectivity index (χ4n) is 6.59. The SMILES string of the molecule is CN(C)C1CCN(CCN2CCCN(C(=O)c3ccc(NC(=O)c4ccccc4-c4ccccc4)cc3)c3ccccc32)CC1. The van der Waals surface area contributed by atoms with E-state index in [2.05, 4.69) is 52.3 Å². The third-order valence-electron chi connectivity index (χ3n) is 9.19. The molecule has 0 bridgehead atoms. The first-order valence-corrected chi connectivity index (χ1v) is 16.1. The van der Waals surface area contributed by atoms with E-state index >= 15 is 0 Å². The number of rotatable bonds is 8. The smallest absolute Gasteiger partial charge is 0.258 e. The number of likely N-dealkylation sites (tertiary alicyclic amines) is 1. The Balaban J connectivity index is 1.12. The molecule has 1 N–H and O–H groups in total. The predicted molar refractivity (Wildman–Crippen MR) is 184 cm³/mol. The number of nitrogens with one attached hydrogen (secondary N) is 1. The molecule has 2 aliphatic rings. The van der Waals surface area contributed by atoms with E-state index in [9.17, 15) is 9.59 Å². The van der Waals surface area contributed by atoms with Crippen molar-refractivity contribution in [3.8, 4) is 11.1 Å². The molecule has 0 radical (unpaired) electrons. The number of fused-ring (bicyclic) bond motifs is 1. The average Bonchev–Trinajstić information content (AvgIpc) is 3.27. The normalized spacial score (nSPS) is 15.9. The zero-order valence-electron chi connectivity index (χ0n) is 26.4. The van der Waals surface area contributed by atoms with Gasteiger partial charge in [0.25, 0.3) is 11.8 Å². The Morgan fingerprint density at radius 3 is 2.13 bits per heavy atom. The molecule has 2 amide bonds. The Labute approximate surface area is 267 Å². The lowest BCUT2D eigenvalue weighted by atomic mass is 9.99. The molecule has 0 saturated carbocycles. The first-order chi connectivity index (χ1) is 22.0. The Hall–Kier alpha value is -4.46. The van der Waals surface area contributed by atoms with E-state index in [0.29, 0.717) is 29.4 Å². The van der Waals surface area contributed by atoms with Crippen LogP contribution >= 0.6 is 0 Å². The number of para-hydroxylation sites is 2. The number of hydrogen-bond acceptors (Lipinski definition) is 5. The van der Waals surface area contributed by atoms with Gasteiger partial charge in [-0.15, -0.1) is 0 Å². The molecule has 45 heavy (non-hydrogen) atoms. The van der Waals surface area contributed by atoms with Crippen LogP contribution in [0.4, 0.5) is 17.1 Å². The van der Waals surface area contributed by atoms with Gasteiger partial charge in [-0.25, -0.2) is 0 Å². The Morgan fingerprint density at radius 1 is 0.733 bits per heavy atom. The quantitative estimate of drug-likeness (QED) is 0.250. The van der Waals surface area contributed by atoms with E-state index in [4.69, 9.17) is 0 Å².